The smallest absolute Gasteiger partial charge is 0.329 e. The topological polar surface area (TPSA) is 33.2 Å². The van der Waals surface area contributed by atoms with E-state index in [-0.39, 0.29) is 17.5 Å². The fourth-order valence-electron chi connectivity index (χ4n) is 2.20. The van der Waals surface area contributed by atoms with Crippen molar-refractivity contribution in [2.24, 2.45) is 0 Å². The number of amides is 1. The van der Waals surface area contributed by atoms with E-state index < -0.39 is 11.7 Å². The van der Waals surface area contributed by atoms with Crippen molar-refractivity contribution in [1.29, 1.82) is 0 Å². The highest BCUT2D eigenvalue weighted by atomic mass is 32.1. The van der Waals surface area contributed by atoms with Crippen LogP contribution in [-0.4, -0.2) is 21.8 Å². The molecular weight excluding hydrogens is 313 g/mol. The third kappa shape index (κ3) is 3.30. The summed E-state index contributed by atoms with van der Waals surface area (Å²) in [5, 5.41) is 2.66. The first-order valence-corrected chi connectivity index (χ1v) is 7.70. The van der Waals surface area contributed by atoms with Gasteiger partial charge in [-0.3, -0.25) is 4.79 Å². The zero-order valence-electron chi connectivity index (χ0n) is 11.5. The summed E-state index contributed by atoms with van der Waals surface area (Å²) in [5.74, 6) is -0.244. The minimum atomic E-state index is -4.39. The SMILES string of the molecule is O=C(c1ccc(C(F)(F)F)cc1)N(Cc1nccs1)C1CC1. The van der Waals surface area contributed by atoms with Crippen molar-refractivity contribution in [2.45, 2.75) is 31.6 Å². The Morgan fingerprint density at radius 3 is 2.45 bits per heavy atom. The third-order valence-electron chi connectivity index (χ3n) is 3.50. The summed E-state index contributed by atoms with van der Waals surface area (Å²) in [6.07, 6.45) is -0.859. The largest absolute Gasteiger partial charge is 0.416 e. The van der Waals surface area contributed by atoms with Crippen LogP contribution < -0.4 is 0 Å². The van der Waals surface area contributed by atoms with E-state index in [1.807, 2.05) is 5.38 Å². The lowest BCUT2D eigenvalue weighted by Crippen LogP contribution is -2.32. The van der Waals surface area contributed by atoms with E-state index in [0.717, 1.165) is 30.0 Å². The van der Waals surface area contributed by atoms with E-state index in [1.54, 1.807) is 11.1 Å². The molecule has 1 amide bonds. The Morgan fingerprint density at radius 1 is 1.27 bits per heavy atom. The van der Waals surface area contributed by atoms with Crippen LogP contribution in [0.2, 0.25) is 0 Å². The number of hydrogen-bond acceptors (Lipinski definition) is 3. The summed E-state index contributed by atoms with van der Waals surface area (Å²) in [4.78, 5) is 18.4. The second kappa shape index (κ2) is 5.72. The molecular formula is C15H13F3N2OS. The van der Waals surface area contributed by atoms with Gasteiger partial charge in [0.15, 0.2) is 0 Å². The van der Waals surface area contributed by atoms with Gasteiger partial charge in [-0.2, -0.15) is 13.2 Å². The van der Waals surface area contributed by atoms with E-state index in [9.17, 15) is 18.0 Å². The van der Waals surface area contributed by atoms with Gasteiger partial charge in [0.1, 0.15) is 5.01 Å². The lowest BCUT2D eigenvalue weighted by Gasteiger charge is -2.21. The fourth-order valence-corrected chi connectivity index (χ4v) is 2.81. The van der Waals surface area contributed by atoms with Crippen LogP contribution in [-0.2, 0) is 12.7 Å². The van der Waals surface area contributed by atoms with Gasteiger partial charge in [0.05, 0.1) is 12.1 Å². The summed E-state index contributed by atoms with van der Waals surface area (Å²) in [6, 6.07) is 4.53. The summed E-state index contributed by atoms with van der Waals surface area (Å²) >= 11 is 1.46. The van der Waals surface area contributed by atoms with Gasteiger partial charge in [-0.15, -0.1) is 11.3 Å². The number of aromatic nitrogens is 1. The Balaban J connectivity index is 1.78. The number of nitrogens with zero attached hydrogens (tertiary/aromatic N) is 2. The Labute approximate surface area is 129 Å². The highest BCUT2D eigenvalue weighted by Gasteiger charge is 2.34. The molecule has 0 bridgehead atoms. The van der Waals surface area contributed by atoms with Crippen LogP contribution in [0.4, 0.5) is 13.2 Å². The molecule has 7 heteroatoms. The molecule has 3 rings (SSSR count). The van der Waals surface area contributed by atoms with Gasteiger partial charge in [-0.05, 0) is 37.1 Å². The number of carbonyl (C=O) groups is 1. The molecule has 2 aromatic rings. The van der Waals surface area contributed by atoms with Crippen LogP contribution >= 0.6 is 11.3 Å². The van der Waals surface area contributed by atoms with E-state index >= 15 is 0 Å². The van der Waals surface area contributed by atoms with Crippen LogP contribution in [0.1, 0.15) is 33.8 Å². The van der Waals surface area contributed by atoms with E-state index in [1.165, 1.54) is 23.5 Å². The zero-order chi connectivity index (χ0) is 15.7. The minimum absolute atomic E-state index is 0.165. The number of alkyl halides is 3. The molecule has 0 saturated heterocycles. The second-order valence-corrected chi connectivity index (χ2v) is 6.14. The normalized spacial score (nSPS) is 14.9. The van der Waals surface area contributed by atoms with Crippen molar-refractivity contribution in [1.82, 2.24) is 9.88 Å². The maximum Gasteiger partial charge on any atom is 0.416 e. The summed E-state index contributed by atoms with van der Waals surface area (Å²) in [7, 11) is 0. The van der Waals surface area contributed by atoms with Gasteiger partial charge in [-0.25, -0.2) is 4.98 Å². The number of carbonyl (C=O) groups excluding carboxylic acids is 1. The van der Waals surface area contributed by atoms with Crippen molar-refractivity contribution >= 4 is 17.2 Å². The summed E-state index contributed by atoms with van der Waals surface area (Å²) in [5.41, 5.74) is -0.474. The monoisotopic (exact) mass is 326 g/mol. The molecule has 0 N–H and O–H groups in total. The molecule has 0 unspecified atom stereocenters. The first-order chi connectivity index (χ1) is 10.4. The maximum absolute atomic E-state index is 12.6. The number of thiazole rings is 1. The molecule has 0 aliphatic heterocycles. The van der Waals surface area contributed by atoms with Crippen molar-refractivity contribution < 1.29 is 18.0 Å². The van der Waals surface area contributed by atoms with Crippen molar-refractivity contribution in [3.63, 3.8) is 0 Å². The van der Waals surface area contributed by atoms with Crippen molar-refractivity contribution in [3.8, 4) is 0 Å². The van der Waals surface area contributed by atoms with Gasteiger partial charge >= 0.3 is 6.18 Å². The number of hydrogen-bond donors (Lipinski definition) is 0. The molecule has 3 nitrogen and oxygen atoms in total. The molecule has 22 heavy (non-hydrogen) atoms. The number of benzene rings is 1. The average molecular weight is 326 g/mol. The van der Waals surface area contributed by atoms with Crippen molar-refractivity contribution in [3.05, 3.63) is 52.0 Å². The molecule has 116 valence electrons. The van der Waals surface area contributed by atoms with Crippen LogP contribution in [0.15, 0.2) is 35.8 Å². The van der Waals surface area contributed by atoms with Gasteiger partial charge in [0.25, 0.3) is 5.91 Å². The van der Waals surface area contributed by atoms with Gasteiger partial charge in [0.2, 0.25) is 0 Å². The Hall–Kier alpha value is -1.89. The average Bonchev–Trinajstić information content (AvgIpc) is 3.20. The molecule has 1 aromatic carbocycles. The van der Waals surface area contributed by atoms with Crippen LogP contribution in [0.3, 0.4) is 0 Å². The molecule has 0 spiro atoms. The van der Waals surface area contributed by atoms with Gasteiger partial charge in [-0.1, -0.05) is 0 Å². The lowest BCUT2D eigenvalue weighted by molar-refractivity contribution is -0.137. The third-order valence-corrected chi connectivity index (χ3v) is 4.26. The minimum Gasteiger partial charge on any atom is -0.329 e. The molecule has 1 aliphatic carbocycles. The second-order valence-electron chi connectivity index (χ2n) is 5.17. The van der Waals surface area contributed by atoms with E-state index in [0.29, 0.717) is 6.54 Å². The predicted octanol–water partition coefficient (Wildman–Crippen LogP) is 3.97. The maximum atomic E-state index is 12.6. The molecule has 1 heterocycles. The molecule has 1 saturated carbocycles. The van der Waals surface area contributed by atoms with E-state index in [4.69, 9.17) is 0 Å². The standard InChI is InChI=1S/C15H13F3N2OS/c16-15(17,18)11-3-1-10(2-4-11)14(21)20(12-5-6-12)9-13-19-7-8-22-13/h1-4,7-8,12H,5-6,9H2. The lowest BCUT2D eigenvalue weighted by atomic mass is 10.1. The molecule has 1 aliphatic rings. The highest BCUT2D eigenvalue weighted by molar-refractivity contribution is 7.09. The van der Waals surface area contributed by atoms with E-state index in [2.05, 4.69) is 4.98 Å². The number of rotatable bonds is 4. The van der Waals surface area contributed by atoms with Gasteiger partial charge < -0.3 is 4.90 Å². The predicted molar refractivity (Wildman–Crippen MR) is 76.5 cm³/mol. The first-order valence-electron chi connectivity index (χ1n) is 6.82. The zero-order valence-corrected chi connectivity index (χ0v) is 12.3. The van der Waals surface area contributed by atoms with Crippen LogP contribution in [0.25, 0.3) is 0 Å². The van der Waals surface area contributed by atoms with Gasteiger partial charge in [0, 0.05) is 23.2 Å². The Morgan fingerprint density at radius 2 is 1.95 bits per heavy atom. The molecule has 1 aromatic heterocycles. The highest BCUT2D eigenvalue weighted by Crippen LogP contribution is 2.32. The molecule has 0 radical (unpaired) electrons. The summed E-state index contributed by atoms with van der Waals surface area (Å²) in [6.45, 7) is 0.405. The van der Waals surface area contributed by atoms with Crippen molar-refractivity contribution in [2.75, 3.05) is 0 Å². The number of halogens is 3. The Bertz CT molecular complexity index is 648. The first kappa shape index (κ1) is 15.0. The van der Waals surface area contributed by atoms with Crippen LogP contribution in [0.5, 0.6) is 0 Å². The molecule has 1 fully saturated rings. The van der Waals surface area contributed by atoms with Crippen LogP contribution in [0, 0.1) is 0 Å². The summed E-state index contributed by atoms with van der Waals surface area (Å²) < 4.78 is 37.7. The quantitative estimate of drug-likeness (QED) is 0.852. The molecule has 0 atom stereocenters. The fraction of sp³-hybridized carbons (Fsp3) is 0.333. The Kier molecular flexibility index (Phi) is 3.90.